The van der Waals surface area contributed by atoms with Crippen molar-refractivity contribution in [2.24, 2.45) is 0 Å². The van der Waals surface area contributed by atoms with Crippen LogP contribution in [0.25, 0.3) is 0 Å². The Kier molecular flexibility index (Phi) is 4.93. The maximum absolute atomic E-state index is 13.0. The molecule has 0 saturated heterocycles. The summed E-state index contributed by atoms with van der Waals surface area (Å²) in [7, 11) is 0. The van der Waals surface area contributed by atoms with Gasteiger partial charge in [-0.3, -0.25) is 0 Å². The molecule has 0 unspecified atom stereocenters. The summed E-state index contributed by atoms with van der Waals surface area (Å²) in [5.74, 6) is -0.907. The van der Waals surface area contributed by atoms with E-state index in [1.807, 2.05) is 0 Å². The summed E-state index contributed by atoms with van der Waals surface area (Å²) < 4.78 is 53.2. The van der Waals surface area contributed by atoms with Crippen molar-refractivity contribution in [2.45, 2.75) is 12.7 Å². The summed E-state index contributed by atoms with van der Waals surface area (Å²) >= 11 is 6.61. The fraction of sp³-hybridized carbons (Fsp3) is 0.143. The van der Waals surface area contributed by atoms with Crippen LogP contribution in [0.5, 0.6) is 0 Å². The number of hydrogen-bond acceptors (Lipinski definition) is 1. The fourth-order valence-electron chi connectivity index (χ4n) is 1.79. The minimum Gasteiger partial charge on any atom is -0.380 e. The third-order valence-corrected chi connectivity index (χ3v) is 3.93. The number of rotatable bonds is 3. The molecule has 0 atom stereocenters. The highest BCUT2D eigenvalue weighted by atomic mass is 79.9. The van der Waals surface area contributed by atoms with Gasteiger partial charge in [-0.15, -0.1) is 0 Å². The number of halogens is 6. The van der Waals surface area contributed by atoms with Crippen LogP contribution in [-0.2, 0) is 12.7 Å². The first kappa shape index (κ1) is 16.3. The molecule has 112 valence electrons. The second kappa shape index (κ2) is 6.36. The quantitative estimate of drug-likeness (QED) is 0.595. The van der Waals surface area contributed by atoms with Crippen molar-refractivity contribution in [2.75, 3.05) is 5.32 Å². The Morgan fingerprint density at radius 3 is 2.33 bits per heavy atom. The SMILES string of the molecule is Fc1ccc(CNc2ccc(Br)cc2Br)c(C(F)(F)F)c1. The molecule has 1 N–H and O–H groups in total. The van der Waals surface area contributed by atoms with Crippen LogP contribution in [0.4, 0.5) is 23.2 Å². The lowest BCUT2D eigenvalue weighted by molar-refractivity contribution is -0.138. The lowest BCUT2D eigenvalue weighted by Gasteiger charge is -2.15. The van der Waals surface area contributed by atoms with Crippen LogP contribution in [0.1, 0.15) is 11.1 Å². The van der Waals surface area contributed by atoms with Crippen molar-refractivity contribution in [1.29, 1.82) is 0 Å². The van der Waals surface area contributed by atoms with Gasteiger partial charge >= 0.3 is 6.18 Å². The summed E-state index contributed by atoms with van der Waals surface area (Å²) in [4.78, 5) is 0. The molecule has 0 radical (unpaired) electrons. The summed E-state index contributed by atoms with van der Waals surface area (Å²) in [6.45, 7) is -0.0602. The molecule has 0 aliphatic carbocycles. The van der Waals surface area contributed by atoms with Gasteiger partial charge in [0.1, 0.15) is 5.82 Å². The molecule has 0 aliphatic heterocycles. The van der Waals surface area contributed by atoms with Crippen LogP contribution in [-0.4, -0.2) is 0 Å². The maximum atomic E-state index is 13.0. The Morgan fingerprint density at radius 2 is 1.71 bits per heavy atom. The van der Waals surface area contributed by atoms with E-state index in [9.17, 15) is 17.6 Å². The van der Waals surface area contributed by atoms with Crippen LogP contribution in [0.2, 0.25) is 0 Å². The molecule has 0 saturated carbocycles. The third-order valence-electron chi connectivity index (χ3n) is 2.78. The number of anilines is 1. The Balaban J connectivity index is 2.24. The minimum absolute atomic E-state index is 0.0151. The Labute approximate surface area is 135 Å². The smallest absolute Gasteiger partial charge is 0.380 e. The topological polar surface area (TPSA) is 12.0 Å². The molecule has 0 aliphatic rings. The summed E-state index contributed by atoms with van der Waals surface area (Å²) in [5, 5.41) is 2.90. The van der Waals surface area contributed by atoms with E-state index in [0.29, 0.717) is 16.2 Å². The monoisotopic (exact) mass is 425 g/mol. The first-order valence-corrected chi connectivity index (χ1v) is 7.40. The van der Waals surface area contributed by atoms with Gasteiger partial charge in [-0.05, 0) is 51.8 Å². The van der Waals surface area contributed by atoms with Gasteiger partial charge in [0, 0.05) is 21.2 Å². The zero-order chi connectivity index (χ0) is 15.6. The fourth-order valence-corrected chi connectivity index (χ4v) is 2.98. The lowest BCUT2D eigenvalue weighted by Crippen LogP contribution is -2.12. The zero-order valence-corrected chi connectivity index (χ0v) is 13.6. The number of benzene rings is 2. The van der Waals surface area contributed by atoms with Crippen LogP contribution in [0.3, 0.4) is 0 Å². The molecular weight excluding hydrogens is 418 g/mol. The molecule has 2 rings (SSSR count). The standard InChI is InChI=1S/C14H9Br2F4N/c15-9-2-4-13(12(16)5-9)21-7-8-1-3-10(17)6-11(8)14(18,19)20/h1-6,21H,7H2. The predicted octanol–water partition coefficient (Wildman–Crippen LogP) is 5.98. The van der Waals surface area contributed by atoms with E-state index in [-0.39, 0.29) is 12.1 Å². The zero-order valence-electron chi connectivity index (χ0n) is 10.4. The van der Waals surface area contributed by atoms with E-state index < -0.39 is 17.6 Å². The molecule has 2 aromatic carbocycles. The second-order valence-corrected chi connectivity index (χ2v) is 6.05. The van der Waals surface area contributed by atoms with Crippen LogP contribution in [0.15, 0.2) is 45.3 Å². The summed E-state index contributed by atoms with van der Waals surface area (Å²) in [5.41, 5.74) is -0.336. The van der Waals surface area contributed by atoms with Crippen molar-refractivity contribution >= 4 is 37.5 Å². The molecule has 7 heteroatoms. The number of alkyl halides is 3. The highest BCUT2D eigenvalue weighted by Crippen LogP contribution is 2.33. The molecule has 0 amide bonds. The molecule has 21 heavy (non-hydrogen) atoms. The maximum Gasteiger partial charge on any atom is 0.416 e. The lowest BCUT2D eigenvalue weighted by atomic mass is 10.1. The normalized spacial score (nSPS) is 11.5. The largest absolute Gasteiger partial charge is 0.416 e. The Morgan fingerprint density at radius 1 is 1.00 bits per heavy atom. The van der Waals surface area contributed by atoms with Crippen molar-refractivity contribution in [3.63, 3.8) is 0 Å². The first-order valence-electron chi connectivity index (χ1n) is 5.82. The number of nitrogens with one attached hydrogen (secondary N) is 1. The van der Waals surface area contributed by atoms with E-state index in [1.54, 1.807) is 18.2 Å². The highest BCUT2D eigenvalue weighted by Gasteiger charge is 2.33. The van der Waals surface area contributed by atoms with Crippen molar-refractivity contribution in [3.8, 4) is 0 Å². The first-order chi connectivity index (χ1) is 9.77. The van der Waals surface area contributed by atoms with Gasteiger partial charge in [-0.1, -0.05) is 22.0 Å². The van der Waals surface area contributed by atoms with Crippen molar-refractivity contribution in [3.05, 3.63) is 62.3 Å². The summed E-state index contributed by atoms with van der Waals surface area (Å²) in [6.07, 6.45) is -4.59. The second-order valence-electron chi connectivity index (χ2n) is 4.28. The van der Waals surface area contributed by atoms with Gasteiger partial charge in [-0.25, -0.2) is 4.39 Å². The Bertz CT molecular complexity index is 656. The van der Waals surface area contributed by atoms with Crippen LogP contribution < -0.4 is 5.32 Å². The molecule has 0 aromatic heterocycles. The number of hydrogen-bond donors (Lipinski definition) is 1. The van der Waals surface area contributed by atoms with Gasteiger partial charge in [0.05, 0.1) is 5.56 Å². The third kappa shape index (κ3) is 4.20. The van der Waals surface area contributed by atoms with Crippen molar-refractivity contribution < 1.29 is 17.6 Å². The van der Waals surface area contributed by atoms with Gasteiger partial charge in [0.2, 0.25) is 0 Å². The van der Waals surface area contributed by atoms with E-state index in [2.05, 4.69) is 37.2 Å². The molecule has 2 aromatic rings. The van der Waals surface area contributed by atoms with Crippen LogP contribution >= 0.6 is 31.9 Å². The van der Waals surface area contributed by atoms with E-state index in [1.165, 1.54) is 0 Å². The predicted molar refractivity (Wildman–Crippen MR) is 80.6 cm³/mol. The van der Waals surface area contributed by atoms with Gasteiger partial charge in [0.15, 0.2) is 0 Å². The summed E-state index contributed by atoms with van der Waals surface area (Å²) in [6, 6.07) is 7.93. The van der Waals surface area contributed by atoms with Gasteiger partial charge < -0.3 is 5.32 Å². The van der Waals surface area contributed by atoms with E-state index in [0.717, 1.165) is 16.6 Å². The molecule has 0 heterocycles. The average molecular weight is 427 g/mol. The molecule has 0 spiro atoms. The molecular formula is C14H9Br2F4N. The minimum atomic E-state index is -4.59. The van der Waals surface area contributed by atoms with Gasteiger partial charge in [0.25, 0.3) is 0 Å². The highest BCUT2D eigenvalue weighted by molar-refractivity contribution is 9.11. The van der Waals surface area contributed by atoms with E-state index >= 15 is 0 Å². The van der Waals surface area contributed by atoms with Gasteiger partial charge in [-0.2, -0.15) is 13.2 Å². The average Bonchev–Trinajstić information content (AvgIpc) is 2.38. The van der Waals surface area contributed by atoms with Crippen molar-refractivity contribution in [1.82, 2.24) is 0 Å². The Hall–Kier alpha value is -1.08. The van der Waals surface area contributed by atoms with E-state index in [4.69, 9.17) is 0 Å². The molecule has 0 fully saturated rings. The molecule has 0 bridgehead atoms. The molecule has 1 nitrogen and oxygen atoms in total. The van der Waals surface area contributed by atoms with Crippen LogP contribution in [0, 0.1) is 5.82 Å².